The summed E-state index contributed by atoms with van der Waals surface area (Å²) in [5.41, 5.74) is 5.43. The minimum atomic E-state index is 1.07. The van der Waals surface area contributed by atoms with Crippen LogP contribution in [0, 0.1) is 6.92 Å². The van der Waals surface area contributed by atoms with Gasteiger partial charge in [0.05, 0.1) is 11.4 Å². The fourth-order valence-electron chi connectivity index (χ4n) is 3.23. The van der Waals surface area contributed by atoms with E-state index in [9.17, 15) is 0 Å². The summed E-state index contributed by atoms with van der Waals surface area (Å²) in [6, 6.07) is 13.1. The van der Waals surface area contributed by atoms with E-state index in [2.05, 4.69) is 53.5 Å². The standard InChI is InChI=1S/C18H20N2S/c1-13-8-9-17-18(14(13)12-20-10-4-5-11-20)19-15-6-2-3-7-16(15)21-17/h2-3,6-9,19H,4-5,10-12H2,1H3. The number of para-hydroxylation sites is 1. The van der Waals surface area contributed by atoms with E-state index in [1.807, 2.05) is 11.8 Å². The van der Waals surface area contributed by atoms with E-state index in [-0.39, 0.29) is 0 Å². The lowest BCUT2D eigenvalue weighted by Gasteiger charge is -2.26. The van der Waals surface area contributed by atoms with Crippen molar-refractivity contribution in [1.82, 2.24) is 4.90 Å². The van der Waals surface area contributed by atoms with Crippen molar-refractivity contribution < 1.29 is 0 Å². The molecule has 2 aromatic rings. The Labute approximate surface area is 130 Å². The lowest BCUT2D eigenvalue weighted by molar-refractivity contribution is 0.331. The summed E-state index contributed by atoms with van der Waals surface area (Å²) in [5.74, 6) is 0. The smallest absolute Gasteiger partial charge is 0.0574 e. The summed E-state index contributed by atoms with van der Waals surface area (Å²) in [6.07, 6.45) is 2.69. The van der Waals surface area contributed by atoms with Crippen LogP contribution < -0.4 is 5.32 Å². The molecule has 0 saturated carbocycles. The van der Waals surface area contributed by atoms with Crippen LogP contribution >= 0.6 is 11.8 Å². The van der Waals surface area contributed by atoms with Crippen LogP contribution in [0.1, 0.15) is 24.0 Å². The zero-order valence-corrected chi connectivity index (χ0v) is 13.2. The summed E-state index contributed by atoms with van der Waals surface area (Å²) in [5, 5.41) is 3.68. The molecule has 1 saturated heterocycles. The molecule has 0 aromatic heterocycles. The van der Waals surface area contributed by atoms with Crippen LogP contribution in [0.2, 0.25) is 0 Å². The first-order valence-corrected chi connectivity index (χ1v) is 8.52. The van der Waals surface area contributed by atoms with Crippen LogP contribution in [0.25, 0.3) is 0 Å². The molecular formula is C18H20N2S. The summed E-state index contributed by atoms with van der Waals surface area (Å²) in [7, 11) is 0. The zero-order valence-electron chi connectivity index (χ0n) is 12.4. The van der Waals surface area contributed by atoms with Crippen molar-refractivity contribution in [3.05, 3.63) is 47.5 Å². The Hall–Kier alpha value is -1.45. The summed E-state index contributed by atoms with van der Waals surface area (Å²) in [4.78, 5) is 5.25. The maximum Gasteiger partial charge on any atom is 0.0574 e. The van der Waals surface area contributed by atoms with Gasteiger partial charge < -0.3 is 5.32 Å². The van der Waals surface area contributed by atoms with E-state index < -0.39 is 0 Å². The first-order chi connectivity index (χ1) is 10.3. The third kappa shape index (κ3) is 2.45. The second-order valence-corrected chi connectivity index (χ2v) is 7.02. The summed E-state index contributed by atoms with van der Waals surface area (Å²) < 4.78 is 0. The molecule has 2 heterocycles. The molecule has 2 aromatic carbocycles. The van der Waals surface area contributed by atoms with Crippen molar-refractivity contribution in [2.45, 2.75) is 36.1 Å². The molecule has 0 bridgehead atoms. The Morgan fingerprint density at radius 1 is 1.05 bits per heavy atom. The quantitative estimate of drug-likeness (QED) is 0.731. The van der Waals surface area contributed by atoms with E-state index in [0.29, 0.717) is 0 Å². The van der Waals surface area contributed by atoms with Crippen LogP contribution in [0.15, 0.2) is 46.2 Å². The van der Waals surface area contributed by atoms with Crippen molar-refractivity contribution >= 4 is 23.1 Å². The largest absolute Gasteiger partial charge is 0.353 e. The first-order valence-electron chi connectivity index (χ1n) is 7.70. The maximum atomic E-state index is 3.68. The number of nitrogens with zero attached hydrogens (tertiary/aromatic N) is 1. The van der Waals surface area contributed by atoms with Gasteiger partial charge in [-0.15, -0.1) is 0 Å². The highest BCUT2D eigenvalue weighted by molar-refractivity contribution is 7.99. The van der Waals surface area contributed by atoms with Crippen LogP contribution in [0.5, 0.6) is 0 Å². The minimum absolute atomic E-state index is 1.07. The van der Waals surface area contributed by atoms with Crippen LogP contribution in [0.4, 0.5) is 11.4 Å². The lowest BCUT2D eigenvalue weighted by Crippen LogP contribution is -2.20. The molecule has 2 nitrogen and oxygen atoms in total. The van der Waals surface area contributed by atoms with Crippen LogP contribution in [0.3, 0.4) is 0 Å². The van der Waals surface area contributed by atoms with Gasteiger partial charge in [0.25, 0.3) is 0 Å². The highest BCUT2D eigenvalue weighted by atomic mass is 32.2. The van der Waals surface area contributed by atoms with Gasteiger partial charge >= 0.3 is 0 Å². The predicted molar refractivity (Wildman–Crippen MR) is 89.5 cm³/mol. The summed E-state index contributed by atoms with van der Waals surface area (Å²) >= 11 is 1.88. The van der Waals surface area contributed by atoms with E-state index in [0.717, 1.165) is 6.54 Å². The molecule has 21 heavy (non-hydrogen) atoms. The Bertz CT molecular complexity index is 675. The van der Waals surface area contributed by atoms with Crippen molar-refractivity contribution in [2.75, 3.05) is 18.4 Å². The van der Waals surface area contributed by atoms with E-state index >= 15 is 0 Å². The molecular weight excluding hydrogens is 276 g/mol. The molecule has 0 unspecified atom stereocenters. The number of hydrogen-bond acceptors (Lipinski definition) is 3. The second-order valence-electron chi connectivity index (χ2n) is 5.94. The Kier molecular flexibility index (Phi) is 3.40. The third-order valence-corrected chi connectivity index (χ3v) is 5.59. The predicted octanol–water partition coefficient (Wildman–Crippen LogP) is 4.80. The topological polar surface area (TPSA) is 15.3 Å². The monoisotopic (exact) mass is 296 g/mol. The molecule has 0 amide bonds. The SMILES string of the molecule is Cc1ccc2c(c1CN1CCCC1)Nc1ccccc1S2. The normalized spacial score (nSPS) is 17.2. The molecule has 0 spiro atoms. The molecule has 2 aliphatic rings. The van der Waals surface area contributed by atoms with Gasteiger partial charge in [-0.25, -0.2) is 0 Å². The Morgan fingerprint density at radius 3 is 2.71 bits per heavy atom. The molecule has 2 aliphatic heterocycles. The summed E-state index contributed by atoms with van der Waals surface area (Å²) in [6.45, 7) is 5.79. The number of benzene rings is 2. The number of aryl methyl sites for hydroxylation is 1. The molecule has 4 rings (SSSR count). The number of likely N-dealkylation sites (tertiary alicyclic amines) is 1. The van der Waals surface area contributed by atoms with Gasteiger partial charge in [0.2, 0.25) is 0 Å². The van der Waals surface area contributed by atoms with Gasteiger partial charge in [-0.1, -0.05) is 30.0 Å². The fourth-order valence-corrected chi connectivity index (χ4v) is 4.26. The second kappa shape index (κ2) is 5.39. The first kappa shape index (κ1) is 13.2. The van der Waals surface area contributed by atoms with E-state index in [1.54, 1.807) is 0 Å². The van der Waals surface area contributed by atoms with Crippen molar-refractivity contribution in [3.63, 3.8) is 0 Å². The Balaban J connectivity index is 1.72. The average molecular weight is 296 g/mol. The highest BCUT2D eigenvalue weighted by Crippen LogP contribution is 2.46. The molecule has 1 fully saturated rings. The third-order valence-electron chi connectivity index (χ3n) is 4.46. The van der Waals surface area contributed by atoms with Crippen molar-refractivity contribution in [1.29, 1.82) is 0 Å². The highest BCUT2D eigenvalue weighted by Gasteiger charge is 2.21. The Morgan fingerprint density at radius 2 is 1.86 bits per heavy atom. The zero-order chi connectivity index (χ0) is 14.2. The number of nitrogens with one attached hydrogen (secondary N) is 1. The van der Waals surface area contributed by atoms with Gasteiger partial charge in [0, 0.05) is 16.3 Å². The van der Waals surface area contributed by atoms with Crippen molar-refractivity contribution in [3.8, 4) is 0 Å². The molecule has 0 radical (unpaired) electrons. The van der Waals surface area contributed by atoms with E-state index in [1.165, 1.54) is 58.2 Å². The van der Waals surface area contributed by atoms with Crippen molar-refractivity contribution in [2.24, 2.45) is 0 Å². The van der Waals surface area contributed by atoms with E-state index in [4.69, 9.17) is 0 Å². The fraction of sp³-hybridized carbons (Fsp3) is 0.333. The average Bonchev–Trinajstić information content (AvgIpc) is 3.02. The minimum Gasteiger partial charge on any atom is -0.353 e. The van der Waals surface area contributed by atoms with Gasteiger partial charge in [0.1, 0.15) is 0 Å². The molecule has 0 atom stereocenters. The number of fused-ring (bicyclic) bond motifs is 2. The number of anilines is 2. The van der Waals surface area contributed by atoms with Gasteiger partial charge in [0.15, 0.2) is 0 Å². The van der Waals surface area contributed by atoms with Gasteiger partial charge in [-0.05, 0) is 62.2 Å². The molecule has 0 aliphatic carbocycles. The van der Waals surface area contributed by atoms with Crippen LogP contribution in [-0.4, -0.2) is 18.0 Å². The number of hydrogen-bond donors (Lipinski definition) is 1. The molecule has 108 valence electrons. The molecule has 1 N–H and O–H groups in total. The maximum absolute atomic E-state index is 3.68. The van der Waals surface area contributed by atoms with Gasteiger partial charge in [-0.2, -0.15) is 0 Å². The van der Waals surface area contributed by atoms with Crippen LogP contribution in [-0.2, 0) is 6.54 Å². The number of rotatable bonds is 2. The lowest BCUT2D eigenvalue weighted by atomic mass is 10.1. The molecule has 3 heteroatoms. The van der Waals surface area contributed by atoms with Gasteiger partial charge in [-0.3, -0.25) is 4.90 Å².